The Kier molecular flexibility index (Phi) is 5.15. The normalized spacial score (nSPS) is 30.5. The van der Waals surface area contributed by atoms with Crippen LogP contribution in [0.5, 0.6) is 0 Å². The third-order valence-electron chi connectivity index (χ3n) is 7.73. The predicted octanol–water partition coefficient (Wildman–Crippen LogP) is 3.97. The largest absolute Gasteiger partial charge is 0.423 e. The van der Waals surface area contributed by atoms with Gasteiger partial charge in [-0.3, -0.25) is 4.57 Å². The summed E-state index contributed by atoms with van der Waals surface area (Å²) in [5.74, 6) is 2.01. The molecule has 4 aliphatic rings. The number of hydrogen-bond acceptors (Lipinski definition) is 8. The van der Waals surface area contributed by atoms with Crippen molar-refractivity contribution in [3.05, 3.63) is 24.9 Å². The lowest BCUT2D eigenvalue weighted by Gasteiger charge is -2.58. The third-order valence-corrected chi connectivity index (χ3v) is 7.73. The van der Waals surface area contributed by atoms with Gasteiger partial charge in [-0.05, 0) is 69.8 Å². The lowest BCUT2D eigenvalue weighted by molar-refractivity contribution is -0.183. The Morgan fingerprint density at radius 3 is 2.61 bits per heavy atom. The van der Waals surface area contributed by atoms with E-state index in [2.05, 4.69) is 15.5 Å². The van der Waals surface area contributed by atoms with Crippen LogP contribution in [0.25, 0.3) is 22.5 Å². The average molecular weight is 454 g/mol. The predicted molar refractivity (Wildman–Crippen MR) is 121 cm³/mol. The number of anilines is 1. The zero-order valence-corrected chi connectivity index (χ0v) is 19.1. The molecule has 4 saturated carbocycles. The molecule has 3 aromatic heterocycles. The van der Waals surface area contributed by atoms with Gasteiger partial charge in [0, 0.05) is 37.0 Å². The van der Waals surface area contributed by atoms with E-state index in [4.69, 9.17) is 18.9 Å². The van der Waals surface area contributed by atoms with E-state index >= 15 is 0 Å². The van der Waals surface area contributed by atoms with Crippen LogP contribution in [0.2, 0.25) is 0 Å². The molecule has 0 amide bonds. The van der Waals surface area contributed by atoms with Gasteiger partial charge in [-0.2, -0.15) is 0 Å². The van der Waals surface area contributed by atoms with Gasteiger partial charge < -0.3 is 24.3 Å². The molecule has 33 heavy (non-hydrogen) atoms. The molecule has 4 bridgehead atoms. The first-order valence-corrected chi connectivity index (χ1v) is 12.1. The second-order valence-corrected chi connectivity index (χ2v) is 9.83. The Labute approximate surface area is 192 Å². The number of ether oxygens (including phenoxy) is 2. The Bertz CT molecular complexity index is 1110. The van der Waals surface area contributed by atoms with Gasteiger partial charge in [0.05, 0.1) is 16.9 Å². The molecule has 0 spiro atoms. The molecular weight excluding hydrogens is 422 g/mol. The van der Waals surface area contributed by atoms with E-state index in [9.17, 15) is 5.11 Å². The van der Waals surface area contributed by atoms with Gasteiger partial charge in [0.25, 0.3) is 5.89 Å². The van der Waals surface area contributed by atoms with Crippen molar-refractivity contribution >= 4 is 16.7 Å². The highest BCUT2D eigenvalue weighted by molar-refractivity contribution is 5.97. The molecule has 9 heteroatoms. The number of aromatic nitrogens is 4. The molecule has 5 atom stereocenters. The quantitative estimate of drug-likeness (QED) is 0.494. The van der Waals surface area contributed by atoms with Crippen LogP contribution in [0.15, 0.2) is 29.3 Å². The smallest absolute Gasteiger partial charge is 0.251 e. The number of nitrogens with one attached hydrogen (secondary N) is 1. The monoisotopic (exact) mass is 453 g/mol. The number of pyridine rings is 1. The number of nitrogens with zero attached hydrogens (tertiary/aromatic N) is 4. The van der Waals surface area contributed by atoms with E-state index in [0.717, 1.165) is 41.5 Å². The molecular formula is C24H31N5O4. The molecule has 2 N–H and O–H groups in total. The van der Waals surface area contributed by atoms with Crippen LogP contribution in [-0.4, -0.2) is 49.7 Å². The van der Waals surface area contributed by atoms with Gasteiger partial charge in [-0.15, -0.1) is 10.2 Å². The fourth-order valence-corrected chi connectivity index (χ4v) is 6.76. The lowest BCUT2D eigenvalue weighted by Crippen LogP contribution is -2.59. The molecule has 4 aliphatic carbocycles. The van der Waals surface area contributed by atoms with Crippen LogP contribution in [0.1, 0.15) is 52.4 Å². The molecule has 3 unspecified atom stereocenters. The van der Waals surface area contributed by atoms with Crippen LogP contribution >= 0.6 is 0 Å². The van der Waals surface area contributed by atoms with Crippen molar-refractivity contribution in [1.82, 2.24) is 19.7 Å². The Morgan fingerprint density at radius 2 is 1.97 bits per heavy atom. The molecule has 0 aromatic carbocycles. The summed E-state index contributed by atoms with van der Waals surface area (Å²) in [5, 5.41) is 23.9. The number of fused-ring (bicyclic) bond motifs is 1. The third kappa shape index (κ3) is 3.53. The van der Waals surface area contributed by atoms with Gasteiger partial charge in [-0.1, -0.05) is 0 Å². The van der Waals surface area contributed by atoms with Crippen molar-refractivity contribution in [3.63, 3.8) is 0 Å². The van der Waals surface area contributed by atoms with Crippen LogP contribution in [0.3, 0.4) is 0 Å². The summed E-state index contributed by atoms with van der Waals surface area (Å²) in [5.41, 5.74) is 2.03. The van der Waals surface area contributed by atoms with Gasteiger partial charge >= 0.3 is 0 Å². The number of aliphatic hydroxyl groups is 1. The highest BCUT2D eigenvalue weighted by atomic mass is 16.7. The molecule has 0 saturated heterocycles. The van der Waals surface area contributed by atoms with E-state index in [-0.39, 0.29) is 0 Å². The minimum atomic E-state index is -0.539. The highest BCUT2D eigenvalue weighted by Crippen LogP contribution is 2.56. The summed E-state index contributed by atoms with van der Waals surface area (Å²) in [7, 11) is 0. The first-order chi connectivity index (χ1) is 16.1. The SMILES string of the molecule is CCOC(OCC)n1ccc2c(NC3[C@@H]4CC5C[C@H]3CC(O)(C5)C4)c(-c3nnco3)cnc21. The van der Waals surface area contributed by atoms with Crippen molar-refractivity contribution < 1.29 is 19.0 Å². The fourth-order valence-electron chi connectivity index (χ4n) is 6.76. The maximum Gasteiger partial charge on any atom is 0.251 e. The van der Waals surface area contributed by atoms with Crippen molar-refractivity contribution in [2.45, 2.75) is 64.0 Å². The molecule has 7 rings (SSSR count). The Hall–Kier alpha value is -2.49. The second-order valence-electron chi connectivity index (χ2n) is 9.83. The van der Waals surface area contributed by atoms with Crippen molar-refractivity contribution in [1.29, 1.82) is 0 Å². The van der Waals surface area contributed by atoms with E-state index in [1.54, 1.807) is 6.20 Å². The van der Waals surface area contributed by atoms with Gasteiger partial charge in [0.15, 0.2) is 0 Å². The van der Waals surface area contributed by atoms with E-state index in [1.165, 1.54) is 19.2 Å². The van der Waals surface area contributed by atoms with Crippen molar-refractivity contribution in [2.75, 3.05) is 18.5 Å². The van der Waals surface area contributed by atoms with Gasteiger partial charge in [-0.25, -0.2) is 4.98 Å². The Balaban J connectivity index is 1.42. The second kappa shape index (κ2) is 8.07. The standard InChI is InChI=1S/C24H31N5O4/c1-3-31-23(32-4-2)29-6-5-17-20(18(12-25-21(17)29)22-28-26-13-33-22)27-19-15-7-14-8-16(19)11-24(30,9-14)10-15/h5-6,12-16,19,23,30H,3-4,7-11H2,1-2H3,(H,25,27)/t14?,15-,16+,19?,24?. The maximum atomic E-state index is 11.0. The summed E-state index contributed by atoms with van der Waals surface area (Å²) in [6.45, 7) is 4.97. The van der Waals surface area contributed by atoms with Gasteiger partial charge in [0.2, 0.25) is 12.8 Å². The first-order valence-electron chi connectivity index (χ1n) is 12.1. The van der Waals surface area contributed by atoms with E-state index in [1.807, 2.05) is 30.7 Å². The molecule has 0 radical (unpaired) electrons. The minimum absolute atomic E-state index is 0.298. The number of rotatable bonds is 8. The molecule has 3 aromatic rings. The molecule has 4 fully saturated rings. The van der Waals surface area contributed by atoms with Crippen LogP contribution in [0, 0.1) is 17.8 Å². The van der Waals surface area contributed by atoms with Crippen LogP contribution in [0.4, 0.5) is 5.69 Å². The summed E-state index contributed by atoms with van der Waals surface area (Å²) in [4.78, 5) is 4.73. The summed E-state index contributed by atoms with van der Waals surface area (Å²) in [6, 6.07) is 2.34. The fraction of sp³-hybridized carbons (Fsp3) is 0.625. The van der Waals surface area contributed by atoms with E-state index < -0.39 is 12.0 Å². The minimum Gasteiger partial charge on any atom is -0.423 e. The average Bonchev–Trinajstić information content (AvgIpc) is 3.45. The zero-order valence-electron chi connectivity index (χ0n) is 19.1. The van der Waals surface area contributed by atoms with Crippen molar-refractivity contribution in [2.24, 2.45) is 17.8 Å². The number of hydrogen-bond donors (Lipinski definition) is 2. The first kappa shape index (κ1) is 21.1. The molecule has 176 valence electrons. The van der Waals surface area contributed by atoms with Crippen molar-refractivity contribution in [3.8, 4) is 11.5 Å². The van der Waals surface area contributed by atoms with E-state index in [0.29, 0.717) is 42.9 Å². The molecule has 0 aliphatic heterocycles. The molecule has 9 nitrogen and oxygen atoms in total. The summed E-state index contributed by atoms with van der Waals surface area (Å²) in [6.07, 6.45) is 9.62. The van der Waals surface area contributed by atoms with Gasteiger partial charge in [0.1, 0.15) is 5.65 Å². The Morgan fingerprint density at radius 1 is 1.21 bits per heavy atom. The lowest BCUT2D eigenvalue weighted by atomic mass is 9.52. The summed E-state index contributed by atoms with van der Waals surface area (Å²) < 4.78 is 19.1. The summed E-state index contributed by atoms with van der Waals surface area (Å²) >= 11 is 0. The van der Waals surface area contributed by atoms with Crippen LogP contribution < -0.4 is 5.32 Å². The topological polar surface area (TPSA) is 107 Å². The maximum absolute atomic E-state index is 11.0. The van der Waals surface area contributed by atoms with Crippen LogP contribution in [-0.2, 0) is 9.47 Å². The highest BCUT2D eigenvalue weighted by Gasteiger charge is 2.54. The zero-order chi connectivity index (χ0) is 22.6. The molecule has 3 heterocycles.